The van der Waals surface area contributed by atoms with Gasteiger partial charge in [-0.3, -0.25) is 9.20 Å². The first-order valence-electron chi connectivity index (χ1n) is 8.46. The number of carbonyl (C=O) groups excluding carboxylic acids is 1. The molecule has 2 unspecified atom stereocenters. The molecule has 0 saturated carbocycles. The predicted octanol–water partition coefficient (Wildman–Crippen LogP) is 4.36. The standard InChI is InChI=1S/C19H22N4OS/c1-4-13(2)15-9-5-6-10-16(15)20-18(24)14(3)25-19-22-21-17-11-7-8-12-23(17)19/h5-14H,4H2,1-3H3,(H,20,24). The zero-order chi connectivity index (χ0) is 17.8. The van der Waals surface area contributed by atoms with E-state index >= 15 is 0 Å². The van der Waals surface area contributed by atoms with E-state index in [9.17, 15) is 4.79 Å². The Morgan fingerprint density at radius 3 is 2.72 bits per heavy atom. The van der Waals surface area contributed by atoms with Crippen molar-refractivity contribution in [3.05, 3.63) is 54.2 Å². The number of aromatic nitrogens is 3. The Hall–Kier alpha value is -2.34. The fraction of sp³-hybridized carbons (Fsp3) is 0.316. The van der Waals surface area contributed by atoms with Crippen LogP contribution in [0.5, 0.6) is 0 Å². The molecule has 2 aromatic heterocycles. The van der Waals surface area contributed by atoms with Crippen LogP contribution in [0.25, 0.3) is 5.65 Å². The lowest BCUT2D eigenvalue weighted by molar-refractivity contribution is -0.115. The van der Waals surface area contributed by atoms with Crippen LogP contribution in [0.4, 0.5) is 5.69 Å². The Labute approximate surface area is 151 Å². The minimum absolute atomic E-state index is 0.0339. The van der Waals surface area contributed by atoms with Gasteiger partial charge in [-0.1, -0.05) is 49.9 Å². The lowest BCUT2D eigenvalue weighted by atomic mass is 9.97. The maximum absolute atomic E-state index is 12.6. The number of rotatable bonds is 6. The van der Waals surface area contributed by atoms with Crippen LogP contribution in [0, 0.1) is 0 Å². The molecule has 0 spiro atoms. The van der Waals surface area contributed by atoms with Gasteiger partial charge in [-0.25, -0.2) is 0 Å². The highest BCUT2D eigenvalue weighted by Gasteiger charge is 2.19. The molecular weight excluding hydrogens is 332 g/mol. The molecule has 1 N–H and O–H groups in total. The van der Waals surface area contributed by atoms with Gasteiger partial charge in [0, 0.05) is 11.9 Å². The second-order valence-corrected chi connectivity index (χ2v) is 7.37. The molecule has 0 saturated heterocycles. The highest BCUT2D eigenvalue weighted by atomic mass is 32.2. The maximum atomic E-state index is 12.6. The molecule has 0 aliphatic heterocycles. The number of nitrogens with zero attached hydrogens (tertiary/aromatic N) is 3. The Balaban J connectivity index is 1.73. The third-order valence-corrected chi connectivity index (χ3v) is 5.35. The van der Waals surface area contributed by atoms with Crippen LogP contribution in [0.1, 0.15) is 38.7 Å². The summed E-state index contributed by atoms with van der Waals surface area (Å²) in [5.74, 6) is 0.369. The number of nitrogens with one attached hydrogen (secondary N) is 1. The molecule has 1 amide bonds. The van der Waals surface area contributed by atoms with Gasteiger partial charge in [0.25, 0.3) is 0 Å². The number of hydrogen-bond donors (Lipinski definition) is 1. The Morgan fingerprint density at radius 2 is 1.92 bits per heavy atom. The van der Waals surface area contributed by atoms with Crippen LogP contribution in [-0.2, 0) is 4.79 Å². The van der Waals surface area contributed by atoms with Crippen LogP contribution >= 0.6 is 11.8 Å². The molecule has 5 nitrogen and oxygen atoms in total. The molecule has 130 valence electrons. The summed E-state index contributed by atoms with van der Waals surface area (Å²) in [6.45, 7) is 6.21. The van der Waals surface area contributed by atoms with Crippen molar-refractivity contribution < 1.29 is 4.79 Å². The molecule has 1 aromatic carbocycles. The third kappa shape index (κ3) is 3.85. The number of fused-ring (bicyclic) bond motifs is 1. The Morgan fingerprint density at radius 1 is 1.16 bits per heavy atom. The summed E-state index contributed by atoms with van der Waals surface area (Å²) in [7, 11) is 0. The van der Waals surface area contributed by atoms with Crippen LogP contribution in [0.15, 0.2) is 53.8 Å². The zero-order valence-electron chi connectivity index (χ0n) is 14.6. The van der Waals surface area contributed by atoms with E-state index in [1.165, 1.54) is 17.3 Å². The van der Waals surface area contributed by atoms with Crippen molar-refractivity contribution in [3.63, 3.8) is 0 Å². The van der Waals surface area contributed by atoms with Gasteiger partial charge in [0.15, 0.2) is 10.8 Å². The third-order valence-electron chi connectivity index (χ3n) is 4.30. The SMILES string of the molecule is CCC(C)c1ccccc1NC(=O)C(C)Sc1nnc2ccccn12. The monoisotopic (exact) mass is 354 g/mol. The van der Waals surface area contributed by atoms with Crippen LogP contribution in [0.2, 0.25) is 0 Å². The average Bonchev–Trinajstić information content (AvgIpc) is 3.04. The van der Waals surface area contributed by atoms with E-state index in [1.54, 1.807) is 0 Å². The maximum Gasteiger partial charge on any atom is 0.237 e. The molecule has 0 radical (unpaired) electrons. The second kappa shape index (κ2) is 7.70. The normalized spacial score (nSPS) is 13.6. The van der Waals surface area contributed by atoms with E-state index in [0.717, 1.165) is 17.8 Å². The van der Waals surface area contributed by atoms with Crippen LogP contribution < -0.4 is 5.32 Å². The molecule has 6 heteroatoms. The average molecular weight is 354 g/mol. The van der Waals surface area contributed by atoms with Gasteiger partial charge in [0.2, 0.25) is 5.91 Å². The summed E-state index contributed by atoms with van der Waals surface area (Å²) < 4.78 is 1.89. The number of amides is 1. The van der Waals surface area contributed by atoms with Crippen molar-refractivity contribution >= 4 is 29.0 Å². The van der Waals surface area contributed by atoms with E-state index in [-0.39, 0.29) is 11.2 Å². The van der Waals surface area contributed by atoms with E-state index in [0.29, 0.717) is 11.1 Å². The predicted molar refractivity (Wildman–Crippen MR) is 102 cm³/mol. The van der Waals surface area contributed by atoms with Gasteiger partial charge >= 0.3 is 0 Å². The van der Waals surface area contributed by atoms with Gasteiger partial charge in [-0.2, -0.15) is 0 Å². The molecule has 2 heterocycles. The molecule has 25 heavy (non-hydrogen) atoms. The van der Waals surface area contributed by atoms with E-state index in [2.05, 4.69) is 35.4 Å². The number of hydrogen-bond acceptors (Lipinski definition) is 4. The smallest absolute Gasteiger partial charge is 0.237 e. The van der Waals surface area contributed by atoms with Crippen molar-refractivity contribution in [3.8, 4) is 0 Å². The van der Waals surface area contributed by atoms with E-state index < -0.39 is 0 Å². The number of thioether (sulfide) groups is 1. The number of benzene rings is 1. The van der Waals surface area contributed by atoms with Gasteiger partial charge in [-0.15, -0.1) is 10.2 Å². The lowest BCUT2D eigenvalue weighted by Gasteiger charge is -2.17. The molecule has 0 aliphatic rings. The van der Waals surface area contributed by atoms with Crippen LogP contribution in [0.3, 0.4) is 0 Å². The molecule has 0 fully saturated rings. The summed E-state index contributed by atoms with van der Waals surface area (Å²) in [5, 5.41) is 11.8. The number of para-hydroxylation sites is 1. The summed E-state index contributed by atoms with van der Waals surface area (Å²) in [6.07, 6.45) is 2.93. The van der Waals surface area contributed by atoms with Crippen molar-refractivity contribution in [1.29, 1.82) is 0 Å². The first-order chi connectivity index (χ1) is 12.1. The van der Waals surface area contributed by atoms with E-state index in [1.807, 2.05) is 53.9 Å². The number of pyridine rings is 1. The first-order valence-corrected chi connectivity index (χ1v) is 9.34. The molecule has 3 aromatic rings. The minimum Gasteiger partial charge on any atom is -0.325 e. The topological polar surface area (TPSA) is 59.3 Å². The summed E-state index contributed by atoms with van der Waals surface area (Å²) in [6, 6.07) is 13.7. The lowest BCUT2D eigenvalue weighted by Crippen LogP contribution is -2.23. The number of carbonyl (C=O) groups is 1. The molecule has 0 aliphatic carbocycles. The summed E-state index contributed by atoms with van der Waals surface area (Å²) in [5.41, 5.74) is 2.84. The second-order valence-electron chi connectivity index (χ2n) is 6.06. The highest BCUT2D eigenvalue weighted by molar-refractivity contribution is 8.00. The Kier molecular flexibility index (Phi) is 5.38. The molecule has 0 bridgehead atoms. The summed E-state index contributed by atoms with van der Waals surface area (Å²) >= 11 is 1.40. The largest absolute Gasteiger partial charge is 0.325 e. The van der Waals surface area contributed by atoms with Crippen molar-refractivity contribution in [2.45, 2.75) is 43.5 Å². The minimum atomic E-state index is -0.280. The van der Waals surface area contributed by atoms with Crippen molar-refractivity contribution in [1.82, 2.24) is 14.6 Å². The molecule has 2 atom stereocenters. The fourth-order valence-electron chi connectivity index (χ4n) is 2.61. The fourth-order valence-corrected chi connectivity index (χ4v) is 3.44. The van der Waals surface area contributed by atoms with Crippen molar-refractivity contribution in [2.24, 2.45) is 0 Å². The first kappa shape index (κ1) is 17.5. The van der Waals surface area contributed by atoms with Crippen molar-refractivity contribution in [2.75, 3.05) is 5.32 Å². The van der Waals surface area contributed by atoms with Gasteiger partial charge in [0.1, 0.15) is 0 Å². The highest BCUT2D eigenvalue weighted by Crippen LogP contribution is 2.28. The Bertz CT molecular complexity index is 876. The number of anilines is 1. The molecule has 3 rings (SSSR count). The van der Waals surface area contributed by atoms with Crippen LogP contribution in [-0.4, -0.2) is 25.8 Å². The van der Waals surface area contributed by atoms with Gasteiger partial charge in [0.05, 0.1) is 5.25 Å². The zero-order valence-corrected chi connectivity index (χ0v) is 15.5. The quantitative estimate of drug-likeness (QED) is 0.668. The molecular formula is C19H22N4OS. The summed E-state index contributed by atoms with van der Waals surface area (Å²) in [4.78, 5) is 12.6. The van der Waals surface area contributed by atoms with E-state index in [4.69, 9.17) is 0 Å². The van der Waals surface area contributed by atoms with Gasteiger partial charge in [-0.05, 0) is 43.0 Å². The van der Waals surface area contributed by atoms with Gasteiger partial charge < -0.3 is 5.32 Å².